The van der Waals surface area contributed by atoms with E-state index in [1.807, 2.05) is 32.9 Å². The number of thiophene rings is 1. The molecule has 0 aliphatic rings. The van der Waals surface area contributed by atoms with Crippen molar-refractivity contribution < 1.29 is 9.47 Å². The first-order chi connectivity index (χ1) is 12.5. The van der Waals surface area contributed by atoms with Gasteiger partial charge in [0.2, 0.25) is 0 Å². The number of rotatable bonds is 6. The summed E-state index contributed by atoms with van der Waals surface area (Å²) >= 11 is 1.56. The van der Waals surface area contributed by atoms with Gasteiger partial charge < -0.3 is 9.47 Å². The van der Waals surface area contributed by atoms with Gasteiger partial charge >= 0.3 is 0 Å². The van der Waals surface area contributed by atoms with Crippen LogP contribution >= 0.6 is 11.3 Å². The second kappa shape index (κ2) is 7.60. The highest BCUT2D eigenvalue weighted by Crippen LogP contribution is 2.40. The average Bonchev–Trinajstić information content (AvgIpc) is 2.96. The topological polar surface area (TPSA) is 53.3 Å². The molecule has 2 aromatic heterocycles. The van der Waals surface area contributed by atoms with Crippen molar-refractivity contribution in [2.24, 2.45) is 0 Å². The van der Waals surface area contributed by atoms with E-state index in [2.05, 4.69) is 6.07 Å². The summed E-state index contributed by atoms with van der Waals surface area (Å²) in [6, 6.07) is 6.03. The van der Waals surface area contributed by atoms with E-state index in [4.69, 9.17) is 14.5 Å². The highest BCUT2D eigenvalue weighted by atomic mass is 32.1. The number of hydrogen-bond acceptors (Lipinski definition) is 5. The lowest BCUT2D eigenvalue weighted by Gasteiger charge is -2.13. The fourth-order valence-electron chi connectivity index (χ4n) is 3.26. The standard InChI is InChI=1S/C20H24N2O3S/c1-6-16-21-19-18(20(23)22(16)9-10-24-4)17(13(3)26-19)14-11-12(2)7-8-15(14)25-5/h7-8,11H,6,9-10H2,1-5H3. The van der Waals surface area contributed by atoms with Crippen LogP contribution in [0.15, 0.2) is 23.0 Å². The maximum Gasteiger partial charge on any atom is 0.262 e. The molecule has 0 spiro atoms. The Balaban J connectivity index is 2.36. The van der Waals surface area contributed by atoms with Crippen molar-refractivity contribution >= 4 is 21.6 Å². The molecule has 0 fully saturated rings. The Hall–Kier alpha value is -2.18. The van der Waals surface area contributed by atoms with E-state index >= 15 is 0 Å². The maximum absolute atomic E-state index is 13.3. The van der Waals surface area contributed by atoms with Crippen LogP contribution in [0.5, 0.6) is 5.75 Å². The van der Waals surface area contributed by atoms with E-state index in [0.717, 1.165) is 38.0 Å². The van der Waals surface area contributed by atoms with Gasteiger partial charge in [-0.05, 0) is 26.0 Å². The van der Waals surface area contributed by atoms with Gasteiger partial charge in [0.25, 0.3) is 5.56 Å². The van der Waals surface area contributed by atoms with E-state index in [1.165, 1.54) is 0 Å². The molecule has 0 aliphatic carbocycles. The summed E-state index contributed by atoms with van der Waals surface area (Å²) in [6.07, 6.45) is 0.703. The van der Waals surface area contributed by atoms with Crippen molar-refractivity contribution in [3.63, 3.8) is 0 Å². The first kappa shape index (κ1) is 18.6. The van der Waals surface area contributed by atoms with Gasteiger partial charge in [-0.15, -0.1) is 11.3 Å². The fraction of sp³-hybridized carbons (Fsp3) is 0.400. The minimum Gasteiger partial charge on any atom is -0.496 e. The second-order valence-corrected chi connectivity index (χ2v) is 7.45. The van der Waals surface area contributed by atoms with Crippen LogP contribution in [0.1, 0.15) is 23.2 Å². The molecule has 0 N–H and O–H groups in total. The van der Waals surface area contributed by atoms with Crippen molar-refractivity contribution in [2.45, 2.75) is 33.7 Å². The zero-order chi connectivity index (χ0) is 18.8. The number of aryl methyl sites for hydroxylation is 3. The van der Waals surface area contributed by atoms with Crippen LogP contribution in [-0.4, -0.2) is 30.4 Å². The van der Waals surface area contributed by atoms with Crippen molar-refractivity contribution in [1.82, 2.24) is 9.55 Å². The molecule has 0 atom stereocenters. The van der Waals surface area contributed by atoms with Crippen molar-refractivity contribution in [3.8, 4) is 16.9 Å². The Bertz CT molecular complexity index is 1000. The van der Waals surface area contributed by atoms with Gasteiger partial charge in [-0.1, -0.05) is 18.6 Å². The summed E-state index contributed by atoms with van der Waals surface area (Å²) in [5.74, 6) is 1.56. The number of aromatic nitrogens is 2. The van der Waals surface area contributed by atoms with Gasteiger partial charge in [-0.2, -0.15) is 0 Å². The minimum absolute atomic E-state index is 0.00758. The molecule has 6 heteroatoms. The van der Waals surface area contributed by atoms with Crippen LogP contribution in [0, 0.1) is 13.8 Å². The summed E-state index contributed by atoms with van der Waals surface area (Å²) in [5, 5.41) is 0.671. The molecular formula is C20H24N2O3S. The summed E-state index contributed by atoms with van der Waals surface area (Å²) in [4.78, 5) is 20.0. The zero-order valence-electron chi connectivity index (χ0n) is 15.9. The molecule has 0 saturated carbocycles. The van der Waals surface area contributed by atoms with E-state index in [0.29, 0.717) is 25.0 Å². The number of benzene rings is 1. The van der Waals surface area contributed by atoms with E-state index in [1.54, 1.807) is 30.1 Å². The molecule has 5 nitrogen and oxygen atoms in total. The molecule has 0 amide bonds. The quantitative estimate of drug-likeness (QED) is 0.657. The minimum atomic E-state index is -0.00758. The Kier molecular flexibility index (Phi) is 5.44. The normalized spacial score (nSPS) is 11.3. The number of ether oxygens (including phenoxy) is 2. The molecule has 2 heterocycles. The van der Waals surface area contributed by atoms with Crippen LogP contribution in [0.25, 0.3) is 21.3 Å². The molecule has 0 unspecified atom stereocenters. The molecular weight excluding hydrogens is 348 g/mol. The van der Waals surface area contributed by atoms with Gasteiger partial charge in [-0.3, -0.25) is 9.36 Å². The van der Waals surface area contributed by atoms with Gasteiger partial charge in [0, 0.05) is 29.5 Å². The predicted molar refractivity (Wildman–Crippen MR) is 107 cm³/mol. The molecule has 1 aromatic carbocycles. The Morgan fingerprint density at radius 3 is 2.65 bits per heavy atom. The van der Waals surface area contributed by atoms with Crippen molar-refractivity contribution in [3.05, 3.63) is 44.8 Å². The van der Waals surface area contributed by atoms with Crippen molar-refractivity contribution in [1.29, 1.82) is 0 Å². The number of methoxy groups -OCH3 is 2. The third-order valence-corrected chi connectivity index (χ3v) is 5.53. The zero-order valence-corrected chi connectivity index (χ0v) is 16.7. The van der Waals surface area contributed by atoms with Crippen LogP contribution in [0.2, 0.25) is 0 Å². The monoisotopic (exact) mass is 372 g/mol. The lowest BCUT2D eigenvalue weighted by Crippen LogP contribution is -2.26. The molecule has 138 valence electrons. The summed E-state index contributed by atoms with van der Waals surface area (Å²) in [7, 11) is 3.29. The molecule has 0 saturated heterocycles. The SMILES string of the molecule is CCc1nc2sc(C)c(-c3cc(C)ccc3OC)c2c(=O)n1CCOC. The largest absolute Gasteiger partial charge is 0.496 e. The molecule has 26 heavy (non-hydrogen) atoms. The second-order valence-electron chi connectivity index (χ2n) is 6.25. The lowest BCUT2D eigenvalue weighted by molar-refractivity contribution is 0.185. The first-order valence-corrected chi connectivity index (χ1v) is 9.50. The molecule has 0 aliphatic heterocycles. The third kappa shape index (κ3) is 3.15. The predicted octanol–water partition coefficient (Wildman–Crippen LogP) is 3.96. The lowest BCUT2D eigenvalue weighted by atomic mass is 10.0. The van der Waals surface area contributed by atoms with Crippen LogP contribution < -0.4 is 10.3 Å². The van der Waals surface area contributed by atoms with Gasteiger partial charge in [0.15, 0.2) is 0 Å². The van der Waals surface area contributed by atoms with Crippen LogP contribution in [-0.2, 0) is 17.7 Å². The Morgan fingerprint density at radius 2 is 2.00 bits per heavy atom. The smallest absolute Gasteiger partial charge is 0.262 e. The molecule has 3 aromatic rings. The summed E-state index contributed by atoms with van der Waals surface area (Å²) < 4.78 is 12.5. The average molecular weight is 372 g/mol. The Labute approximate surface area is 157 Å². The maximum atomic E-state index is 13.3. The van der Waals surface area contributed by atoms with Crippen LogP contribution in [0.4, 0.5) is 0 Å². The van der Waals surface area contributed by atoms with E-state index in [-0.39, 0.29) is 5.56 Å². The molecule has 0 bridgehead atoms. The summed E-state index contributed by atoms with van der Waals surface area (Å²) in [5.41, 5.74) is 2.98. The first-order valence-electron chi connectivity index (χ1n) is 8.68. The van der Waals surface area contributed by atoms with Gasteiger partial charge in [-0.25, -0.2) is 4.98 Å². The molecule has 3 rings (SSSR count). The van der Waals surface area contributed by atoms with E-state index < -0.39 is 0 Å². The summed E-state index contributed by atoms with van der Waals surface area (Å²) in [6.45, 7) is 7.07. The number of fused-ring (bicyclic) bond motifs is 1. The van der Waals surface area contributed by atoms with Crippen LogP contribution in [0.3, 0.4) is 0 Å². The van der Waals surface area contributed by atoms with E-state index in [9.17, 15) is 4.79 Å². The third-order valence-electron chi connectivity index (χ3n) is 4.53. The highest BCUT2D eigenvalue weighted by molar-refractivity contribution is 7.19. The highest BCUT2D eigenvalue weighted by Gasteiger charge is 2.21. The van der Waals surface area contributed by atoms with Gasteiger partial charge in [0.1, 0.15) is 16.4 Å². The molecule has 0 radical (unpaired) electrons. The number of hydrogen-bond donors (Lipinski definition) is 0. The van der Waals surface area contributed by atoms with Gasteiger partial charge in [0.05, 0.1) is 25.6 Å². The number of nitrogens with zero attached hydrogens (tertiary/aromatic N) is 2. The Morgan fingerprint density at radius 1 is 1.23 bits per heavy atom. The fourth-order valence-corrected chi connectivity index (χ4v) is 4.31. The van der Waals surface area contributed by atoms with Crippen molar-refractivity contribution in [2.75, 3.05) is 20.8 Å².